The Bertz CT molecular complexity index is 1250. The van der Waals surface area contributed by atoms with Gasteiger partial charge in [0.2, 0.25) is 5.69 Å². The van der Waals surface area contributed by atoms with E-state index in [1.54, 1.807) is 6.92 Å². The van der Waals surface area contributed by atoms with Crippen LogP contribution in [0.1, 0.15) is 55.8 Å². The first-order chi connectivity index (χ1) is 15.7. The summed E-state index contributed by atoms with van der Waals surface area (Å²) >= 11 is 0. The van der Waals surface area contributed by atoms with Crippen LogP contribution in [0.5, 0.6) is 0 Å². The Morgan fingerprint density at radius 1 is 1.00 bits per heavy atom. The van der Waals surface area contributed by atoms with Crippen molar-refractivity contribution in [3.05, 3.63) is 93.1 Å². The summed E-state index contributed by atoms with van der Waals surface area (Å²) in [5.41, 5.74) is 4.37. The number of hydrogen-bond donors (Lipinski definition) is 2. The van der Waals surface area contributed by atoms with Crippen LogP contribution in [0.25, 0.3) is 11.3 Å². The van der Waals surface area contributed by atoms with Gasteiger partial charge in [0.15, 0.2) is 6.20 Å². The molecule has 6 nitrogen and oxygen atoms in total. The minimum atomic E-state index is -0.566. The second kappa shape index (κ2) is 9.02. The molecule has 1 aromatic heterocycles. The fourth-order valence-electron chi connectivity index (χ4n) is 3.59. The van der Waals surface area contributed by atoms with Gasteiger partial charge in [0, 0.05) is 24.2 Å². The van der Waals surface area contributed by atoms with Gasteiger partial charge in [-0.1, -0.05) is 18.2 Å². The van der Waals surface area contributed by atoms with Crippen molar-refractivity contribution < 1.29 is 18.7 Å². The summed E-state index contributed by atoms with van der Waals surface area (Å²) in [5.74, 6) is -1.31. The summed E-state index contributed by atoms with van der Waals surface area (Å²) in [7, 11) is 0. The Morgan fingerprint density at radius 2 is 1.76 bits per heavy atom. The number of nitrogens with zero attached hydrogens (tertiary/aromatic N) is 1. The number of halogens is 1. The van der Waals surface area contributed by atoms with E-state index in [9.17, 15) is 19.2 Å². The number of carbonyl (C=O) groups excluding carboxylic acids is 2. The van der Waals surface area contributed by atoms with Crippen LogP contribution in [0.2, 0.25) is 0 Å². The fraction of sp³-hybridized carbons (Fsp3) is 0.269. The van der Waals surface area contributed by atoms with Gasteiger partial charge in [-0.25, -0.2) is 4.39 Å². The van der Waals surface area contributed by atoms with Crippen LogP contribution in [-0.2, 0) is 6.54 Å². The van der Waals surface area contributed by atoms with E-state index in [0.717, 1.165) is 24.0 Å². The molecule has 0 saturated heterocycles. The topological polar surface area (TPSA) is 85.1 Å². The van der Waals surface area contributed by atoms with E-state index >= 15 is 0 Å². The van der Waals surface area contributed by atoms with Gasteiger partial charge >= 0.3 is 0 Å². The molecule has 33 heavy (non-hydrogen) atoms. The molecule has 2 aromatic carbocycles. The summed E-state index contributed by atoms with van der Waals surface area (Å²) in [5, 5.41) is 18.4. The number of hydrogen-bond acceptors (Lipinski definition) is 3. The van der Waals surface area contributed by atoms with Gasteiger partial charge in [-0.2, -0.15) is 4.73 Å². The highest BCUT2D eigenvalue weighted by molar-refractivity contribution is 5.96. The summed E-state index contributed by atoms with van der Waals surface area (Å²) in [6, 6.07) is 11.8. The summed E-state index contributed by atoms with van der Waals surface area (Å²) in [6.45, 7) is 5.92. The van der Waals surface area contributed by atoms with Crippen molar-refractivity contribution in [2.24, 2.45) is 0 Å². The molecule has 1 heterocycles. The first-order valence-electron chi connectivity index (χ1n) is 10.9. The van der Waals surface area contributed by atoms with E-state index in [0.29, 0.717) is 16.8 Å². The maximum absolute atomic E-state index is 14.5. The number of pyridine rings is 1. The lowest BCUT2D eigenvalue weighted by molar-refractivity contribution is -0.593. The van der Waals surface area contributed by atoms with Crippen LogP contribution in [0.4, 0.5) is 4.39 Å². The van der Waals surface area contributed by atoms with Crippen LogP contribution in [0.3, 0.4) is 0 Å². The second-order valence-electron chi connectivity index (χ2n) is 8.61. The van der Waals surface area contributed by atoms with Gasteiger partial charge in [0.1, 0.15) is 11.4 Å². The van der Waals surface area contributed by atoms with E-state index in [1.165, 1.54) is 36.0 Å². The third-order valence-corrected chi connectivity index (χ3v) is 6.00. The third kappa shape index (κ3) is 5.03. The predicted octanol–water partition coefficient (Wildman–Crippen LogP) is 3.87. The van der Waals surface area contributed by atoms with E-state index in [1.807, 2.05) is 32.0 Å². The normalized spacial score (nSPS) is 13.0. The molecule has 0 aliphatic heterocycles. The number of nitrogens with one attached hydrogen (secondary N) is 2. The Hall–Kier alpha value is -3.74. The van der Waals surface area contributed by atoms with Crippen LogP contribution in [0, 0.1) is 31.8 Å². The minimum Gasteiger partial charge on any atom is -0.618 e. The fourth-order valence-corrected chi connectivity index (χ4v) is 3.59. The van der Waals surface area contributed by atoms with Crippen LogP contribution >= 0.6 is 0 Å². The van der Waals surface area contributed by atoms with Crippen molar-refractivity contribution in [3.8, 4) is 11.3 Å². The molecule has 2 N–H and O–H groups in total. The molecular weight excluding hydrogens is 421 g/mol. The van der Waals surface area contributed by atoms with Crippen LogP contribution in [0.15, 0.2) is 48.7 Å². The van der Waals surface area contributed by atoms with Gasteiger partial charge in [-0.05, 0) is 74.1 Å². The van der Waals surface area contributed by atoms with Crippen LogP contribution in [-0.4, -0.2) is 17.9 Å². The molecule has 0 radical (unpaired) electrons. The van der Waals surface area contributed by atoms with Gasteiger partial charge < -0.3 is 15.8 Å². The standard InChI is InChI=1S/C26H26FN3O3/c1-15-4-5-18(10-16(15)2)13-28-25(31)19-6-9-24(30(33)14-19)22-11-20(12-23(27)17(22)3)26(32)29-21-7-8-21/h4-6,9-12,14,21H,7-8,13H2,1-3H3,(H,28,31)(H,29,32). The zero-order valence-corrected chi connectivity index (χ0v) is 18.9. The highest BCUT2D eigenvalue weighted by Gasteiger charge is 2.25. The first-order valence-corrected chi connectivity index (χ1v) is 10.9. The Morgan fingerprint density at radius 3 is 2.42 bits per heavy atom. The molecule has 3 aromatic rings. The average molecular weight is 448 g/mol. The SMILES string of the molecule is Cc1ccc(CNC(=O)c2ccc(-c3cc(C(=O)NC4CC4)cc(F)c3C)[n+]([O-])c2)cc1C. The highest BCUT2D eigenvalue weighted by atomic mass is 19.1. The zero-order valence-electron chi connectivity index (χ0n) is 18.9. The third-order valence-electron chi connectivity index (χ3n) is 6.00. The van der Waals surface area contributed by atoms with E-state index < -0.39 is 5.82 Å². The molecule has 4 rings (SSSR count). The average Bonchev–Trinajstić information content (AvgIpc) is 3.60. The minimum absolute atomic E-state index is 0.136. The first kappa shape index (κ1) is 22.5. The quantitative estimate of drug-likeness (QED) is 0.444. The maximum Gasteiger partial charge on any atom is 0.257 e. The number of benzene rings is 2. The van der Waals surface area contributed by atoms with Gasteiger partial charge in [-0.3, -0.25) is 9.59 Å². The van der Waals surface area contributed by atoms with Gasteiger partial charge in [0.25, 0.3) is 11.8 Å². The second-order valence-corrected chi connectivity index (χ2v) is 8.61. The summed E-state index contributed by atoms with van der Waals surface area (Å²) < 4.78 is 15.1. The van der Waals surface area contributed by atoms with Gasteiger partial charge in [-0.15, -0.1) is 0 Å². The van der Waals surface area contributed by atoms with E-state index in [2.05, 4.69) is 10.6 Å². The summed E-state index contributed by atoms with van der Waals surface area (Å²) in [4.78, 5) is 25.0. The van der Waals surface area contributed by atoms with E-state index in [4.69, 9.17) is 0 Å². The molecule has 1 fully saturated rings. The van der Waals surface area contributed by atoms with Crippen molar-refractivity contribution in [3.63, 3.8) is 0 Å². The van der Waals surface area contributed by atoms with Crippen molar-refractivity contribution in [1.29, 1.82) is 0 Å². The molecule has 170 valence electrons. The molecule has 7 heteroatoms. The van der Waals surface area contributed by atoms with Crippen molar-refractivity contribution in [1.82, 2.24) is 10.6 Å². The van der Waals surface area contributed by atoms with Gasteiger partial charge in [0.05, 0.1) is 5.56 Å². The largest absolute Gasteiger partial charge is 0.618 e. The molecule has 2 amide bonds. The van der Waals surface area contributed by atoms with Crippen molar-refractivity contribution >= 4 is 11.8 Å². The number of aryl methyl sites for hydroxylation is 2. The molecule has 0 bridgehead atoms. The molecular formula is C26H26FN3O3. The van der Waals surface area contributed by atoms with E-state index in [-0.39, 0.29) is 40.2 Å². The number of rotatable bonds is 6. The number of carbonyl (C=O) groups is 2. The maximum atomic E-state index is 14.5. The lowest BCUT2D eigenvalue weighted by atomic mass is 10.00. The van der Waals surface area contributed by atoms with Crippen LogP contribution < -0.4 is 15.4 Å². The number of amides is 2. The number of aromatic nitrogens is 1. The predicted molar refractivity (Wildman–Crippen MR) is 123 cm³/mol. The Balaban J connectivity index is 1.54. The molecule has 1 saturated carbocycles. The molecule has 0 unspecified atom stereocenters. The lowest BCUT2D eigenvalue weighted by Crippen LogP contribution is -2.33. The lowest BCUT2D eigenvalue weighted by Gasteiger charge is -2.12. The Kier molecular flexibility index (Phi) is 6.14. The van der Waals surface area contributed by atoms with Crippen molar-refractivity contribution in [2.45, 2.75) is 46.2 Å². The molecule has 1 aliphatic rings. The Labute approximate surface area is 192 Å². The monoisotopic (exact) mass is 447 g/mol. The van der Waals surface area contributed by atoms with Crippen molar-refractivity contribution in [2.75, 3.05) is 0 Å². The summed E-state index contributed by atoms with van der Waals surface area (Å²) in [6.07, 6.45) is 3.00. The zero-order chi connectivity index (χ0) is 23.7. The highest BCUT2D eigenvalue weighted by Crippen LogP contribution is 2.26. The molecule has 0 spiro atoms. The molecule has 1 aliphatic carbocycles. The smallest absolute Gasteiger partial charge is 0.257 e. The molecule has 0 atom stereocenters.